The molecule has 0 unspecified atom stereocenters. The normalized spacial score (nSPS) is 18.4. The minimum atomic E-state index is 0. The van der Waals surface area contributed by atoms with Crippen molar-refractivity contribution in [3.63, 3.8) is 0 Å². The van der Waals surface area contributed by atoms with Gasteiger partial charge in [-0.2, -0.15) is 0 Å². The summed E-state index contributed by atoms with van der Waals surface area (Å²) in [6, 6.07) is 0. The van der Waals surface area contributed by atoms with E-state index in [9.17, 15) is 4.91 Å². The van der Waals surface area contributed by atoms with Gasteiger partial charge < -0.3 is 5.32 Å². The van der Waals surface area contributed by atoms with Crippen molar-refractivity contribution >= 4 is 12.4 Å². The summed E-state index contributed by atoms with van der Waals surface area (Å²) in [5.41, 5.74) is 0. The van der Waals surface area contributed by atoms with Crippen molar-refractivity contribution in [2.24, 2.45) is 5.29 Å². The monoisotopic (exact) mass is 151 g/mol. The van der Waals surface area contributed by atoms with Gasteiger partial charge in [-0.05, 0) is 0 Å². The van der Waals surface area contributed by atoms with Crippen LogP contribution in [-0.2, 0) is 0 Å². The lowest BCUT2D eigenvalue weighted by atomic mass is 10.4. The van der Waals surface area contributed by atoms with Crippen molar-refractivity contribution < 1.29 is 0 Å². The molecule has 1 fully saturated rings. The Morgan fingerprint density at radius 1 is 1.33 bits per heavy atom. The third-order valence-corrected chi connectivity index (χ3v) is 1.21. The summed E-state index contributed by atoms with van der Waals surface area (Å²) in [6.45, 7) is 3.27. The molecule has 0 radical (unpaired) electrons. The zero-order valence-corrected chi connectivity index (χ0v) is 5.86. The summed E-state index contributed by atoms with van der Waals surface area (Å²) in [6.07, 6.45) is 0. The largest absolute Gasteiger partial charge is 0.313 e. The van der Waals surface area contributed by atoms with Crippen molar-refractivity contribution in [2.75, 3.05) is 26.2 Å². The molecule has 0 saturated carbocycles. The van der Waals surface area contributed by atoms with Gasteiger partial charge in [-0.25, -0.2) is 0 Å². The quantitative estimate of drug-likeness (QED) is 0.537. The average Bonchev–Trinajstić information content (AvgIpc) is 1.90. The predicted molar refractivity (Wildman–Crippen MR) is 37.5 cm³/mol. The van der Waals surface area contributed by atoms with Gasteiger partial charge in [-0.1, -0.05) is 0 Å². The Balaban J connectivity index is 0.000000640. The van der Waals surface area contributed by atoms with Crippen LogP contribution in [0.3, 0.4) is 0 Å². The third-order valence-electron chi connectivity index (χ3n) is 1.21. The Hall–Kier alpha value is -0.350. The van der Waals surface area contributed by atoms with E-state index in [0.717, 1.165) is 26.2 Å². The van der Waals surface area contributed by atoms with Crippen molar-refractivity contribution in [1.82, 2.24) is 10.3 Å². The van der Waals surface area contributed by atoms with E-state index in [4.69, 9.17) is 0 Å². The van der Waals surface area contributed by atoms with Gasteiger partial charge in [-0.15, -0.1) is 17.3 Å². The maximum atomic E-state index is 9.81. The fraction of sp³-hybridized carbons (Fsp3) is 1.00. The van der Waals surface area contributed by atoms with E-state index in [2.05, 4.69) is 10.6 Å². The first-order chi connectivity index (χ1) is 3.93. The standard InChI is InChI=1S/C4H9N3O.ClH/c8-6-7-3-1-5-2-4-7;/h5H,1-4H2;1H. The molecule has 0 aromatic heterocycles. The lowest BCUT2D eigenvalue weighted by molar-refractivity contribution is 0.248. The lowest BCUT2D eigenvalue weighted by Crippen LogP contribution is -2.40. The van der Waals surface area contributed by atoms with Gasteiger partial charge in [-0.3, -0.25) is 5.01 Å². The van der Waals surface area contributed by atoms with Gasteiger partial charge >= 0.3 is 0 Å². The van der Waals surface area contributed by atoms with E-state index in [1.807, 2.05) is 0 Å². The highest BCUT2D eigenvalue weighted by Gasteiger charge is 2.05. The molecule has 0 spiro atoms. The Labute approximate surface area is 60.0 Å². The number of nitroso groups, excluding NO2 is 1. The van der Waals surface area contributed by atoms with E-state index in [0.29, 0.717) is 0 Å². The van der Waals surface area contributed by atoms with Crippen LogP contribution in [0.15, 0.2) is 5.29 Å². The highest BCUT2D eigenvalue weighted by atomic mass is 35.5. The van der Waals surface area contributed by atoms with Crippen molar-refractivity contribution in [1.29, 1.82) is 0 Å². The van der Waals surface area contributed by atoms with E-state index in [-0.39, 0.29) is 12.4 Å². The first kappa shape index (κ1) is 8.65. The first-order valence-electron chi connectivity index (χ1n) is 2.72. The minimum absolute atomic E-state index is 0. The summed E-state index contributed by atoms with van der Waals surface area (Å²) in [7, 11) is 0. The zero-order valence-electron chi connectivity index (χ0n) is 5.04. The summed E-state index contributed by atoms with van der Waals surface area (Å²) in [5.74, 6) is 0. The highest BCUT2D eigenvalue weighted by molar-refractivity contribution is 5.85. The van der Waals surface area contributed by atoms with Crippen LogP contribution in [0.4, 0.5) is 0 Å². The molecule has 1 N–H and O–H groups in total. The van der Waals surface area contributed by atoms with Crippen LogP contribution in [-0.4, -0.2) is 31.2 Å². The maximum absolute atomic E-state index is 9.81. The molecule has 5 heteroatoms. The molecule has 0 amide bonds. The van der Waals surface area contributed by atoms with E-state index >= 15 is 0 Å². The molecule has 0 aromatic rings. The second kappa shape index (κ2) is 4.52. The molecule has 1 heterocycles. The first-order valence-corrected chi connectivity index (χ1v) is 2.72. The fourth-order valence-electron chi connectivity index (χ4n) is 0.735. The fourth-order valence-corrected chi connectivity index (χ4v) is 0.735. The smallest absolute Gasteiger partial charge is 0.0524 e. The minimum Gasteiger partial charge on any atom is -0.313 e. The van der Waals surface area contributed by atoms with Gasteiger partial charge in [0, 0.05) is 13.1 Å². The summed E-state index contributed by atoms with van der Waals surface area (Å²) < 4.78 is 0. The summed E-state index contributed by atoms with van der Waals surface area (Å²) in [4.78, 5) is 9.81. The van der Waals surface area contributed by atoms with Crippen LogP contribution in [0.25, 0.3) is 0 Å². The molecule has 54 valence electrons. The molecule has 1 saturated heterocycles. The molecule has 0 bridgehead atoms. The molecule has 0 aromatic carbocycles. The second-order valence-corrected chi connectivity index (χ2v) is 1.79. The van der Waals surface area contributed by atoms with Crippen LogP contribution in [0, 0.1) is 4.91 Å². The molecule has 1 aliphatic rings. The molecule has 1 aliphatic heterocycles. The Morgan fingerprint density at radius 2 is 1.89 bits per heavy atom. The van der Waals surface area contributed by atoms with E-state index < -0.39 is 0 Å². The molecular formula is C4H10ClN3O. The number of nitrogens with zero attached hydrogens (tertiary/aromatic N) is 2. The predicted octanol–water partition coefficient (Wildman–Crippen LogP) is -0.00520. The molecule has 9 heavy (non-hydrogen) atoms. The van der Waals surface area contributed by atoms with Crippen LogP contribution in [0.2, 0.25) is 0 Å². The SMILES string of the molecule is Cl.O=NN1CCNCC1. The highest BCUT2D eigenvalue weighted by Crippen LogP contribution is 1.89. The lowest BCUT2D eigenvalue weighted by Gasteiger charge is -2.20. The van der Waals surface area contributed by atoms with Gasteiger partial charge in [0.2, 0.25) is 0 Å². The van der Waals surface area contributed by atoms with Crippen LogP contribution < -0.4 is 5.32 Å². The molecule has 1 rings (SSSR count). The van der Waals surface area contributed by atoms with E-state index in [1.54, 1.807) is 0 Å². The summed E-state index contributed by atoms with van der Waals surface area (Å²) >= 11 is 0. The second-order valence-electron chi connectivity index (χ2n) is 1.79. The van der Waals surface area contributed by atoms with Crippen molar-refractivity contribution in [3.05, 3.63) is 4.91 Å². The third kappa shape index (κ3) is 2.62. The zero-order chi connectivity index (χ0) is 5.82. The van der Waals surface area contributed by atoms with Crippen LogP contribution in [0.1, 0.15) is 0 Å². The van der Waals surface area contributed by atoms with Gasteiger partial charge in [0.1, 0.15) is 0 Å². The number of rotatable bonds is 1. The average molecular weight is 152 g/mol. The molecular weight excluding hydrogens is 142 g/mol. The van der Waals surface area contributed by atoms with E-state index in [1.165, 1.54) is 5.01 Å². The Morgan fingerprint density at radius 3 is 2.22 bits per heavy atom. The number of nitrogens with one attached hydrogen (secondary N) is 1. The van der Waals surface area contributed by atoms with Gasteiger partial charge in [0.25, 0.3) is 0 Å². The van der Waals surface area contributed by atoms with Crippen LogP contribution in [0.5, 0.6) is 0 Å². The number of hydrogen-bond acceptors (Lipinski definition) is 3. The number of piperazine rings is 1. The number of hydrogen-bond donors (Lipinski definition) is 1. The summed E-state index contributed by atoms with van der Waals surface area (Å²) in [5, 5.41) is 7.42. The Bertz CT molecular complexity index is 83.9. The molecule has 4 nitrogen and oxygen atoms in total. The van der Waals surface area contributed by atoms with Gasteiger partial charge in [0.15, 0.2) is 0 Å². The Kier molecular flexibility index (Phi) is 4.35. The topological polar surface area (TPSA) is 44.7 Å². The molecule has 0 atom stereocenters. The van der Waals surface area contributed by atoms with Crippen LogP contribution >= 0.6 is 12.4 Å². The molecule has 0 aliphatic carbocycles. The van der Waals surface area contributed by atoms with Crippen molar-refractivity contribution in [3.8, 4) is 0 Å². The maximum Gasteiger partial charge on any atom is 0.0524 e. The van der Waals surface area contributed by atoms with Crippen molar-refractivity contribution in [2.45, 2.75) is 0 Å². The van der Waals surface area contributed by atoms with Gasteiger partial charge in [0.05, 0.1) is 18.4 Å². The number of halogens is 1.